The Balaban J connectivity index is 1.35. The predicted octanol–water partition coefficient (Wildman–Crippen LogP) is 3.07. The van der Waals surface area contributed by atoms with Crippen LogP contribution in [0.15, 0.2) is 17.8 Å². The Bertz CT molecular complexity index is 864. The van der Waals surface area contributed by atoms with Gasteiger partial charge in [0.05, 0.1) is 10.6 Å². The zero-order valence-electron chi connectivity index (χ0n) is 16.0. The first-order valence-corrected chi connectivity index (χ1v) is 11.1. The molecular weight excluding hydrogens is 412 g/mol. The molecule has 0 aliphatic carbocycles. The van der Waals surface area contributed by atoms with Crippen LogP contribution >= 0.6 is 22.9 Å². The molecule has 2 saturated heterocycles. The van der Waals surface area contributed by atoms with E-state index in [1.54, 1.807) is 17.8 Å². The summed E-state index contributed by atoms with van der Waals surface area (Å²) < 4.78 is 0. The SMILES string of the molecule is O=C(Nc1nncs1)C1CCN(c2ncc(C(=O)N3CCCCC3)cc2Cl)CC1. The molecular formula is C19H23ClN6O2S. The van der Waals surface area contributed by atoms with Gasteiger partial charge in [-0.2, -0.15) is 0 Å². The monoisotopic (exact) mass is 434 g/mol. The van der Waals surface area contributed by atoms with Crippen molar-refractivity contribution in [1.82, 2.24) is 20.1 Å². The van der Waals surface area contributed by atoms with Crippen LogP contribution in [0.1, 0.15) is 42.5 Å². The molecule has 0 saturated carbocycles. The number of hydrogen-bond donors (Lipinski definition) is 1. The molecule has 0 spiro atoms. The lowest BCUT2D eigenvalue weighted by Gasteiger charge is -2.32. The molecule has 2 aliphatic heterocycles. The average Bonchev–Trinajstić information content (AvgIpc) is 3.27. The first-order chi connectivity index (χ1) is 14.1. The van der Waals surface area contributed by atoms with Crippen molar-refractivity contribution in [2.75, 3.05) is 36.4 Å². The number of amides is 2. The third-order valence-electron chi connectivity index (χ3n) is 5.47. The maximum Gasteiger partial charge on any atom is 0.255 e. The van der Waals surface area contributed by atoms with Crippen LogP contribution in [-0.4, -0.2) is 58.1 Å². The lowest BCUT2D eigenvalue weighted by atomic mass is 9.96. The lowest BCUT2D eigenvalue weighted by Crippen LogP contribution is -2.39. The van der Waals surface area contributed by atoms with E-state index in [1.165, 1.54) is 17.8 Å². The highest BCUT2D eigenvalue weighted by atomic mass is 35.5. The molecule has 2 amide bonds. The van der Waals surface area contributed by atoms with E-state index in [1.807, 2.05) is 4.90 Å². The zero-order chi connectivity index (χ0) is 20.2. The molecule has 4 rings (SSSR count). The number of carbonyl (C=O) groups excluding carboxylic acids is 2. The fraction of sp³-hybridized carbons (Fsp3) is 0.526. The normalized spacial score (nSPS) is 18.0. The van der Waals surface area contributed by atoms with Crippen molar-refractivity contribution in [3.05, 3.63) is 28.4 Å². The number of hydrogen-bond acceptors (Lipinski definition) is 7. The van der Waals surface area contributed by atoms with Crippen molar-refractivity contribution in [1.29, 1.82) is 0 Å². The molecule has 154 valence electrons. The first-order valence-electron chi connectivity index (χ1n) is 9.88. The zero-order valence-corrected chi connectivity index (χ0v) is 17.6. The van der Waals surface area contributed by atoms with Crippen LogP contribution in [0.4, 0.5) is 10.9 Å². The third kappa shape index (κ3) is 4.67. The molecule has 0 radical (unpaired) electrons. The molecule has 0 bridgehead atoms. The Kier molecular flexibility index (Phi) is 6.25. The van der Waals surface area contributed by atoms with Crippen LogP contribution in [0.25, 0.3) is 0 Å². The van der Waals surface area contributed by atoms with Gasteiger partial charge in [0.25, 0.3) is 5.91 Å². The van der Waals surface area contributed by atoms with Crippen molar-refractivity contribution in [2.45, 2.75) is 32.1 Å². The number of nitrogens with one attached hydrogen (secondary N) is 1. The van der Waals surface area contributed by atoms with Gasteiger partial charge in [-0.1, -0.05) is 22.9 Å². The second kappa shape index (κ2) is 9.04. The molecule has 0 unspecified atom stereocenters. The largest absolute Gasteiger partial charge is 0.355 e. The molecule has 29 heavy (non-hydrogen) atoms. The highest BCUT2D eigenvalue weighted by Crippen LogP contribution is 2.29. The number of halogens is 1. The van der Waals surface area contributed by atoms with Crippen LogP contribution in [0.5, 0.6) is 0 Å². The van der Waals surface area contributed by atoms with Gasteiger partial charge in [-0.25, -0.2) is 4.98 Å². The van der Waals surface area contributed by atoms with Crippen molar-refractivity contribution in [3.63, 3.8) is 0 Å². The fourth-order valence-corrected chi connectivity index (χ4v) is 4.58. The lowest BCUT2D eigenvalue weighted by molar-refractivity contribution is -0.120. The number of aromatic nitrogens is 3. The number of anilines is 2. The van der Waals surface area contributed by atoms with E-state index in [0.29, 0.717) is 47.5 Å². The quantitative estimate of drug-likeness (QED) is 0.795. The van der Waals surface area contributed by atoms with E-state index in [4.69, 9.17) is 11.6 Å². The molecule has 10 heteroatoms. The first kappa shape index (κ1) is 20.0. The van der Waals surface area contributed by atoms with Crippen LogP contribution in [-0.2, 0) is 4.79 Å². The summed E-state index contributed by atoms with van der Waals surface area (Å²) >= 11 is 7.78. The van der Waals surface area contributed by atoms with Gasteiger partial charge in [0.1, 0.15) is 11.3 Å². The van der Waals surface area contributed by atoms with Gasteiger partial charge in [0, 0.05) is 38.3 Å². The minimum Gasteiger partial charge on any atom is -0.355 e. The van der Waals surface area contributed by atoms with E-state index >= 15 is 0 Å². The molecule has 2 fully saturated rings. The molecule has 4 heterocycles. The summed E-state index contributed by atoms with van der Waals surface area (Å²) in [6, 6.07) is 1.72. The van der Waals surface area contributed by atoms with Crippen LogP contribution in [0.3, 0.4) is 0 Å². The number of piperidine rings is 2. The van der Waals surface area contributed by atoms with Crippen molar-refractivity contribution in [3.8, 4) is 0 Å². The Morgan fingerprint density at radius 2 is 1.90 bits per heavy atom. The summed E-state index contributed by atoms with van der Waals surface area (Å²) in [4.78, 5) is 33.4. The van der Waals surface area contributed by atoms with Crippen molar-refractivity contribution in [2.24, 2.45) is 5.92 Å². The van der Waals surface area contributed by atoms with Gasteiger partial charge < -0.3 is 15.1 Å². The Hall–Kier alpha value is -2.26. The van der Waals surface area contributed by atoms with Crippen molar-refractivity contribution < 1.29 is 9.59 Å². The smallest absolute Gasteiger partial charge is 0.255 e. The van der Waals surface area contributed by atoms with Crippen LogP contribution < -0.4 is 10.2 Å². The van der Waals surface area contributed by atoms with Crippen molar-refractivity contribution >= 4 is 45.7 Å². The number of pyridine rings is 1. The van der Waals surface area contributed by atoms with Gasteiger partial charge in [0.15, 0.2) is 0 Å². The van der Waals surface area contributed by atoms with E-state index in [2.05, 4.69) is 25.4 Å². The standard InChI is InChI=1S/C19H23ClN6O2S/c20-15-10-14(18(28)26-6-2-1-3-7-26)11-21-16(15)25-8-4-13(5-9-25)17(27)23-19-24-22-12-29-19/h10-13H,1-9H2,(H,23,24,27). The molecule has 8 nitrogen and oxygen atoms in total. The van der Waals surface area contributed by atoms with Gasteiger partial charge in [-0.15, -0.1) is 10.2 Å². The van der Waals surface area contributed by atoms with E-state index in [-0.39, 0.29) is 17.7 Å². The Morgan fingerprint density at radius 1 is 1.14 bits per heavy atom. The predicted molar refractivity (Wildman–Crippen MR) is 112 cm³/mol. The Labute approximate surface area is 178 Å². The molecule has 2 aromatic heterocycles. The topological polar surface area (TPSA) is 91.3 Å². The Morgan fingerprint density at radius 3 is 2.55 bits per heavy atom. The highest BCUT2D eigenvalue weighted by molar-refractivity contribution is 7.13. The van der Waals surface area contributed by atoms with Gasteiger partial charge in [-0.05, 0) is 38.2 Å². The fourth-order valence-electron chi connectivity index (χ4n) is 3.85. The summed E-state index contributed by atoms with van der Waals surface area (Å²) in [5.74, 6) is 0.569. The number of likely N-dealkylation sites (tertiary alicyclic amines) is 1. The minimum absolute atomic E-state index is 0.00212. The van der Waals surface area contributed by atoms with Gasteiger partial charge >= 0.3 is 0 Å². The van der Waals surface area contributed by atoms with Gasteiger partial charge in [0.2, 0.25) is 11.0 Å². The second-order valence-electron chi connectivity index (χ2n) is 7.38. The summed E-state index contributed by atoms with van der Waals surface area (Å²) in [7, 11) is 0. The van der Waals surface area contributed by atoms with Gasteiger partial charge in [-0.3, -0.25) is 9.59 Å². The number of rotatable bonds is 4. The summed E-state index contributed by atoms with van der Waals surface area (Å²) in [6.07, 6.45) is 6.30. The average molecular weight is 435 g/mol. The second-order valence-corrected chi connectivity index (χ2v) is 8.62. The molecule has 1 N–H and O–H groups in total. The minimum atomic E-state index is -0.0751. The molecule has 2 aromatic rings. The van der Waals surface area contributed by atoms with E-state index < -0.39 is 0 Å². The molecule has 0 aromatic carbocycles. The maximum absolute atomic E-state index is 12.6. The number of carbonyl (C=O) groups is 2. The summed E-state index contributed by atoms with van der Waals surface area (Å²) in [6.45, 7) is 2.95. The highest BCUT2D eigenvalue weighted by Gasteiger charge is 2.28. The summed E-state index contributed by atoms with van der Waals surface area (Å²) in [5, 5.41) is 11.4. The maximum atomic E-state index is 12.6. The molecule has 0 atom stereocenters. The van der Waals surface area contributed by atoms with Crippen LogP contribution in [0, 0.1) is 5.92 Å². The van der Waals surface area contributed by atoms with E-state index in [9.17, 15) is 9.59 Å². The van der Waals surface area contributed by atoms with Crippen LogP contribution in [0.2, 0.25) is 5.02 Å². The summed E-state index contributed by atoms with van der Waals surface area (Å²) in [5.41, 5.74) is 2.12. The molecule has 2 aliphatic rings. The van der Waals surface area contributed by atoms with E-state index in [0.717, 1.165) is 25.9 Å². The third-order valence-corrected chi connectivity index (χ3v) is 6.35. The number of nitrogens with zero attached hydrogens (tertiary/aromatic N) is 5.